The van der Waals surface area contributed by atoms with Crippen LogP contribution in [-0.4, -0.2) is 38.9 Å². The van der Waals surface area contributed by atoms with Crippen molar-refractivity contribution in [1.82, 2.24) is 15.1 Å². The van der Waals surface area contributed by atoms with Gasteiger partial charge in [0.05, 0.1) is 12.6 Å². The molecule has 22 heavy (non-hydrogen) atoms. The second-order valence-electron chi connectivity index (χ2n) is 6.22. The average Bonchev–Trinajstić information content (AvgIpc) is 3.10. The Bertz CT molecular complexity index is 607. The molecular formula is C17H23N3O2. The van der Waals surface area contributed by atoms with Gasteiger partial charge in [-0.2, -0.15) is 0 Å². The molecule has 1 saturated heterocycles. The molecule has 2 unspecified atom stereocenters. The Morgan fingerprint density at radius 1 is 1.32 bits per heavy atom. The molecule has 1 aliphatic heterocycles. The molecule has 118 valence electrons. The number of aliphatic hydroxyl groups is 1. The summed E-state index contributed by atoms with van der Waals surface area (Å²) in [7, 11) is 0. The van der Waals surface area contributed by atoms with Crippen LogP contribution < -0.4 is 0 Å². The molecule has 0 aliphatic carbocycles. The molecule has 3 rings (SSSR count). The molecule has 0 spiro atoms. The highest BCUT2D eigenvalue weighted by Gasteiger charge is 2.27. The highest BCUT2D eigenvalue weighted by molar-refractivity contribution is 5.52. The van der Waals surface area contributed by atoms with Gasteiger partial charge in [-0.15, -0.1) is 10.2 Å². The van der Waals surface area contributed by atoms with E-state index in [1.807, 2.05) is 31.2 Å². The lowest BCUT2D eigenvalue weighted by Gasteiger charge is -2.23. The summed E-state index contributed by atoms with van der Waals surface area (Å²) < 4.78 is 5.80. The Balaban J connectivity index is 1.67. The predicted octanol–water partition coefficient (Wildman–Crippen LogP) is 2.78. The normalized spacial score (nSPS) is 20.4. The average molecular weight is 301 g/mol. The van der Waals surface area contributed by atoms with E-state index in [0.29, 0.717) is 24.4 Å². The SMILES string of the molecule is Cc1ccc(-c2nnc(CN3CCCC3CC(C)O)o2)cc1. The maximum atomic E-state index is 9.59. The van der Waals surface area contributed by atoms with Crippen LogP contribution in [-0.2, 0) is 6.54 Å². The number of aromatic nitrogens is 2. The molecule has 0 saturated carbocycles. The number of aliphatic hydroxyl groups excluding tert-OH is 1. The first-order valence-corrected chi connectivity index (χ1v) is 7.93. The fraction of sp³-hybridized carbons (Fsp3) is 0.529. The number of benzene rings is 1. The Kier molecular flexibility index (Phi) is 4.55. The van der Waals surface area contributed by atoms with Gasteiger partial charge in [-0.3, -0.25) is 4.90 Å². The van der Waals surface area contributed by atoms with Crippen molar-refractivity contribution in [1.29, 1.82) is 0 Å². The summed E-state index contributed by atoms with van der Waals surface area (Å²) in [6, 6.07) is 8.49. The lowest BCUT2D eigenvalue weighted by molar-refractivity contribution is 0.126. The number of likely N-dealkylation sites (tertiary alicyclic amines) is 1. The van der Waals surface area contributed by atoms with Crippen molar-refractivity contribution in [2.75, 3.05) is 6.54 Å². The van der Waals surface area contributed by atoms with Crippen molar-refractivity contribution >= 4 is 0 Å². The molecule has 5 heteroatoms. The van der Waals surface area contributed by atoms with Gasteiger partial charge in [0, 0.05) is 11.6 Å². The van der Waals surface area contributed by atoms with Gasteiger partial charge >= 0.3 is 0 Å². The van der Waals surface area contributed by atoms with E-state index in [1.54, 1.807) is 0 Å². The predicted molar refractivity (Wildman–Crippen MR) is 84.2 cm³/mol. The van der Waals surface area contributed by atoms with Crippen LogP contribution in [0.5, 0.6) is 0 Å². The van der Waals surface area contributed by atoms with Gasteiger partial charge in [-0.1, -0.05) is 17.7 Å². The van der Waals surface area contributed by atoms with Gasteiger partial charge in [-0.05, 0) is 51.8 Å². The van der Waals surface area contributed by atoms with Crippen molar-refractivity contribution in [2.24, 2.45) is 0 Å². The summed E-state index contributed by atoms with van der Waals surface area (Å²) >= 11 is 0. The quantitative estimate of drug-likeness (QED) is 0.920. The van der Waals surface area contributed by atoms with E-state index < -0.39 is 0 Å². The molecule has 1 fully saturated rings. The van der Waals surface area contributed by atoms with Crippen LogP contribution in [0.1, 0.15) is 37.6 Å². The fourth-order valence-corrected chi connectivity index (χ4v) is 3.07. The monoisotopic (exact) mass is 301 g/mol. The van der Waals surface area contributed by atoms with E-state index in [9.17, 15) is 5.11 Å². The van der Waals surface area contributed by atoms with E-state index in [0.717, 1.165) is 31.4 Å². The first kappa shape index (κ1) is 15.2. The van der Waals surface area contributed by atoms with Crippen LogP contribution in [0.4, 0.5) is 0 Å². The molecule has 2 atom stereocenters. The Morgan fingerprint density at radius 3 is 2.82 bits per heavy atom. The van der Waals surface area contributed by atoms with Crippen molar-refractivity contribution in [2.45, 2.75) is 51.8 Å². The molecule has 1 aromatic heterocycles. The number of nitrogens with zero attached hydrogens (tertiary/aromatic N) is 3. The van der Waals surface area contributed by atoms with Gasteiger partial charge in [-0.25, -0.2) is 0 Å². The Hall–Kier alpha value is -1.72. The Labute approximate surface area is 131 Å². The van der Waals surface area contributed by atoms with E-state index in [2.05, 4.69) is 22.0 Å². The molecule has 2 aromatic rings. The first-order valence-electron chi connectivity index (χ1n) is 7.93. The van der Waals surface area contributed by atoms with E-state index >= 15 is 0 Å². The lowest BCUT2D eigenvalue weighted by atomic mass is 10.1. The third-order valence-electron chi connectivity index (χ3n) is 4.22. The molecule has 2 heterocycles. The van der Waals surface area contributed by atoms with Gasteiger partial charge in [0.2, 0.25) is 11.8 Å². The van der Waals surface area contributed by atoms with Crippen LogP contribution >= 0.6 is 0 Å². The highest BCUT2D eigenvalue weighted by Crippen LogP contribution is 2.24. The van der Waals surface area contributed by atoms with Gasteiger partial charge in [0.25, 0.3) is 0 Å². The highest BCUT2D eigenvalue weighted by atomic mass is 16.4. The van der Waals surface area contributed by atoms with Crippen molar-refractivity contribution < 1.29 is 9.52 Å². The zero-order valence-corrected chi connectivity index (χ0v) is 13.2. The van der Waals surface area contributed by atoms with Crippen molar-refractivity contribution in [3.63, 3.8) is 0 Å². The third kappa shape index (κ3) is 3.54. The zero-order valence-electron chi connectivity index (χ0n) is 13.2. The topological polar surface area (TPSA) is 62.4 Å². The molecule has 1 aliphatic rings. The second kappa shape index (κ2) is 6.58. The molecule has 0 bridgehead atoms. The minimum absolute atomic E-state index is 0.267. The van der Waals surface area contributed by atoms with Crippen molar-refractivity contribution in [3.05, 3.63) is 35.7 Å². The van der Waals surface area contributed by atoms with Crippen LogP contribution in [0.3, 0.4) is 0 Å². The van der Waals surface area contributed by atoms with Crippen LogP contribution in [0.15, 0.2) is 28.7 Å². The summed E-state index contributed by atoms with van der Waals surface area (Å²) in [5.74, 6) is 1.22. The minimum atomic E-state index is -0.267. The zero-order chi connectivity index (χ0) is 15.5. The Morgan fingerprint density at radius 2 is 2.09 bits per heavy atom. The van der Waals surface area contributed by atoms with Crippen LogP contribution in [0.2, 0.25) is 0 Å². The first-order chi connectivity index (χ1) is 10.6. The third-order valence-corrected chi connectivity index (χ3v) is 4.22. The summed E-state index contributed by atoms with van der Waals surface area (Å²) in [6.45, 7) is 5.59. The van der Waals surface area contributed by atoms with Crippen molar-refractivity contribution in [3.8, 4) is 11.5 Å². The molecule has 1 N–H and O–H groups in total. The fourth-order valence-electron chi connectivity index (χ4n) is 3.07. The summed E-state index contributed by atoms with van der Waals surface area (Å²) in [4.78, 5) is 2.33. The summed E-state index contributed by atoms with van der Waals surface area (Å²) in [5.41, 5.74) is 2.16. The number of hydrogen-bond acceptors (Lipinski definition) is 5. The van der Waals surface area contributed by atoms with Gasteiger partial charge in [0.15, 0.2) is 0 Å². The van der Waals surface area contributed by atoms with Crippen LogP contribution in [0, 0.1) is 6.92 Å². The molecular weight excluding hydrogens is 278 g/mol. The molecule has 0 amide bonds. The summed E-state index contributed by atoms with van der Waals surface area (Å²) in [5, 5.41) is 17.9. The molecule has 1 aromatic carbocycles. The molecule has 0 radical (unpaired) electrons. The molecule has 5 nitrogen and oxygen atoms in total. The lowest BCUT2D eigenvalue weighted by Crippen LogP contribution is -2.31. The largest absolute Gasteiger partial charge is 0.419 e. The maximum Gasteiger partial charge on any atom is 0.247 e. The summed E-state index contributed by atoms with van der Waals surface area (Å²) in [6.07, 6.45) is 2.83. The van der Waals surface area contributed by atoms with Gasteiger partial charge < -0.3 is 9.52 Å². The number of hydrogen-bond donors (Lipinski definition) is 1. The standard InChI is InChI=1S/C17H23N3O2/c1-12-5-7-14(8-6-12)17-19-18-16(22-17)11-20-9-3-4-15(20)10-13(2)21/h5-8,13,15,21H,3-4,9-11H2,1-2H3. The smallest absolute Gasteiger partial charge is 0.247 e. The minimum Gasteiger partial charge on any atom is -0.419 e. The maximum absolute atomic E-state index is 9.59. The number of rotatable bonds is 5. The van der Waals surface area contributed by atoms with Crippen LogP contribution in [0.25, 0.3) is 11.5 Å². The van der Waals surface area contributed by atoms with Gasteiger partial charge in [0.1, 0.15) is 0 Å². The van der Waals surface area contributed by atoms with E-state index in [-0.39, 0.29) is 6.10 Å². The van der Waals surface area contributed by atoms with E-state index in [4.69, 9.17) is 4.42 Å². The second-order valence-corrected chi connectivity index (χ2v) is 6.22. The van der Waals surface area contributed by atoms with E-state index in [1.165, 1.54) is 5.56 Å². The number of aryl methyl sites for hydroxylation is 1.